The molecule has 2 nitrogen and oxygen atoms in total. The Balaban J connectivity index is 2.19. The molecule has 1 aliphatic rings. The summed E-state index contributed by atoms with van der Waals surface area (Å²) in [6, 6.07) is 6.14. The Kier molecular flexibility index (Phi) is 4.06. The third kappa shape index (κ3) is 3.09. The summed E-state index contributed by atoms with van der Waals surface area (Å²) in [6.07, 6.45) is -1.92. The molecule has 0 bridgehead atoms. The highest BCUT2D eigenvalue weighted by atomic mass is 79.9. The molecule has 2 rings (SSSR count). The molecule has 18 heavy (non-hydrogen) atoms. The number of rotatable bonds is 3. The zero-order valence-corrected chi connectivity index (χ0v) is 11.9. The molecule has 0 spiro atoms. The molecule has 1 saturated heterocycles. The predicted molar refractivity (Wildman–Crippen MR) is 69.8 cm³/mol. The van der Waals surface area contributed by atoms with Gasteiger partial charge in [0.05, 0.1) is 11.5 Å². The van der Waals surface area contributed by atoms with E-state index in [1.54, 1.807) is 12.1 Å². The van der Waals surface area contributed by atoms with E-state index in [0.717, 1.165) is 5.56 Å². The molecular formula is C12H13BrF2O2S. The lowest BCUT2D eigenvalue weighted by atomic mass is 9.97. The molecule has 2 atom stereocenters. The minimum absolute atomic E-state index is 0.0298. The van der Waals surface area contributed by atoms with Crippen molar-refractivity contribution in [3.8, 4) is 0 Å². The van der Waals surface area contributed by atoms with Crippen LogP contribution in [-0.2, 0) is 9.84 Å². The summed E-state index contributed by atoms with van der Waals surface area (Å²) in [4.78, 5) is -0.187. The molecule has 0 aromatic heterocycles. The monoisotopic (exact) mass is 338 g/mol. The van der Waals surface area contributed by atoms with Crippen LogP contribution in [0, 0.1) is 5.92 Å². The molecule has 1 aliphatic heterocycles. The third-order valence-electron chi connectivity index (χ3n) is 3.16. The maximum Gasteiger partial charge on any atom is 0.263 e. The molecule has 6 heteroatoms. The Morgan fingerprint density at radius 3 is 2.50 bits per heavy atom. The average Bonchev–Trinajstić information content (AvgIpc) is 2.69. The molecule has 0 aliphatic carbocycles. The van der Waals surface area contributed by atoms with Crippen molar-refractivity contribution in [3.63, 3.8) is 0 Å². The second kappa shape index (κ2) is 5.25. The molecule has 2 unspecified atom stereocenters. The van der Waals surface area contributed by atoms with E-state index in [4.69, 9.17) is 0 Å². The van der Waals surface area contributed by atoms with Crippen molar-refractivity contribution >= 4 is 25.8 Å². The van der Waals surface area contributed by atoms with Crippen molar-refractivity contribution in [2.75, 3.05) is 11.5 Å². The van der Waals surface area contributed by atoms with E-state index in [1.165, 1.54) is 12.1 Å². The fourth-order valence-electron chi connectivity index (χ4n) is 2.19. The van der Waals surface area contributed by atoms with Crippen molar-refractivity contribution in [2.45, 2.75) is 17.7 Å². The summed E-state index contributed by atoms with van der Waals surface area (Å²) in [5.74, 6) is 0.277. The van der Waals surface area contributed by atoms with Crippen molar-refractivity contribution < 1.29 is 17.2 Å². The van der Waals surface area contributed by atoms with Crippen LogP contribution in [-0.4, -0.2) is 19.9 Å². The van der Waals surface area contributed by atoms with E-state index in [-0.39, 0.29) is 27.8 Å². The summed E-state index contributed by atoms with van der Waals surface area (Å²) in [5, 5.41) is 0. The van der Waals surface area contributed by atoms with E-state index in [9.17, 15) is 17.2 Å². The van der Waals surface area contributed by atoms with E-state index < -0.39 is 16.3 Å². The third-order valence-corrected chi connectivity index (χ3v) is 6.23. The fraction of sp³-hybridized carbons (Fsp3) is 0.500. The highest BCUT2D eigenvalue weighted by molar-refractivity contribution is 9.09. The standard InChI is InChI=1S/C12H13BrF2O2S/c13-11(10-4-5-18(16,17)7-10)8-2-1-3-9(6-8)12(14)15/h1-3,6,10-12H,4-5,7H2. The number of halogens is 3. The van der Waals surface area contributed by atoms with Gasteiger partial charge in [0.2, 0.25) is 0 Å². The van der Waals surface area contributed by atoms with Gasteiger partial charge in [0.25, 0.3) is 6.43 Å². The van der Waals surface area contributed by atoms with Gasteiger partial charge in [-0.1, -0.05) is 34.1 Å². The molecule has 1 heterocycles. The van der Waals surface area contributed by atoms with Crippen LogP contribution >= 0.6 is 15.9 Å². The molecule has 0 N–H and O–H groups in total. The second-order valence-electron chi connectivity index (χ2n) is 4.54. The van der Waals surface area contributed by atoms with Crippen molar-refractivity contribution in [2.24, 2.45) is 5.92 Å². The topological polar surface area (TPSA) is 34.1 Å². The largest absolute Gasteiger partial charge is 0.263 e. The second-order valence-corrected chi connectivity index (χ2v) is 7.75. The fourth-order valence-corrected chi connectivity index (χ4v) is 5.02. The summed E-state index contributed by atoms with van der Waals surface area (Å²) < 4.78 is 48.0. The SMILES string of the molecule is O=S1(=O)CCC(C(Br)c2cccc(C(F)F)c2)C1. The van der Waals surface area contributed by atoms with E-state index in [1.807, 2.05) is 0 Å². The van der Waals surface area contributed by atoms with Gasteiger partial charge in [-0.15, -0.1) is 0 Å². The Labute approximate surface area is 113 Å². The smallest absolute Gasteiger partial charge is 0.229 e. The highest BCUT2D eigenvalue weighted by Crippen LogP contribution is 2.38. The lowest BCUT2D eigenvalue weighted by Crippen LogP contribution is -2.10. The van der Waals surface area contributed by atoms with E-state index >= 15 is 0 Å². The normalized spacial score (nSPS) is 24.3. The predicted octanol–water partition coefficient (Wildman–Crippen LogP) is 3.49. The van der Waals surface area contributed by atoms with Crippen LogP contribution < -0.4 is 0 Å². The van der Waals surface area contributed by atoms with Crippen molar-refractivity contribution in [3.05, 3.63) is 35.4 Å². The van der Waals surface area contributed by atoms with Gasteiger partial charge >= 0.3 is 0 Å². The molecule has 100 valence electrons. The van der Waals surface area contributed by atoms with Gasteiger partial charge in [-0.25, -0.2) is 17.2 Å². The van der Waals surface area contributed by atoms with Gasteiger partial charge in [0, 0.05) is 10.4 Å². The maximum absolute atomic E-state index is 12.6. The minimum atomic E-state index is -2.95. The number of sulfone groups is 1. The van der Waals surface area contributed by atoms with Crippen LogP contribution in [0.15, 0.2) is 24.3 Å². The first-order valence-corrected chi connectivity index (χ1v) is 8.35. The number of hydrogen-bond donors (Lipinski definition) is 0. The number of benzene rings is 1. The molecule has 0 amide bonds. The Hall–Kier alpha value is -0.490. The summed E-state index contributed by atoms with van der Waals surface area (Å²) in [7, 11) is -2.95. The average molecular weight is 339 g/mol. The van der Waals surface area contributed by atoms with Crippen LogP contribution in [0.4, 0.5) is 8.78 Å². The highest BCUT2D eigenvalue weighted by Gasteiger charge is 2.33. The van der Waals surface area contributed by atoms with Crippen LogP contribution in [0.1, 0.15) is 28.8 Å². The first-order valence-electron chi connectivity index (χ1n) is 5.61. The van der Waals surface area contributed by atoms with Crippen LogP contribution in [0.2, 0.25) is 0 Å². The summed E-state index contributed by atoms with van der Waals surface area (Å²) >= 11 is 3.44. The Morgan fingerprint density at radius 2 is 1.94 bits per heavy atom. The lowest BCUT2D eigenvalue weighted by Gasteiger charge is -2.17. The first-order chi connectivity index (χ1) is 8.39. The molecular weight excluding hydrogens is 326 g/mol. The van der Waals surface area contributed by atoms with Gasteiger partial charge in [0.15, 0.2) is 9.84 Å². The van der Waals surface area contributed by atoms with Crippen LogP contribution in [0.25, 0.3) is 0 Å². The molecule has 1 aromatic rings. The Morgan fingerprint density at radius 1 is 1.28 bits per heavy atom. The van der Waals surface area contributed by atoms with Crippen LogP contribution in [0.5, 0.6) is 0 Å². The Bertz CT molecular complexity index is 531. The van der Waals surface area contributed by atoms with E-state index in [2.05, 4.69) is 15.9 Å². The van der Waals surface area contributed by atoms with Crippen molar-refractivity contribution in [1.29, 1.82) is 0 Å². The van der Waals surface area contributed by atoms with Gasteiger partial charge in [-0.05, 0) is 24.0 Å². The zero-order chi connectivity index (χ0) is 13.3. The van der Waals surface area contributed by atoms with Gasteiger partial charge in [0.1, 0.15) is 0 Å². The summed E-state index contributed by atoms with van der Waals surface area (Å²) in [5.41, 5.74) is 0.688. The lowest BCUT2D eigenvalue weighted by molar-refractivity contribution is 0.151. The maximum atomic E-state index is 12.6. The van der Waals surface area contributed by atoms with E-state index in [0.29, 0.717) is 6.42 Å². The molecule has 1 aromatic carbocycles. The van der Waals surface area contributed by atoms with Crippen molar-refractivity contribution in [1.82, 2.24) is 0 Å². The summed E-state index contributed by atoms with van der Waals surface area (Å²) in [6.45, 7) is 0. The molecule has 1 fully saturated rings. The number of hydrogen-bond acceptors (Lipinski definition) is 2. The molecule has 0 saturated carbocycles. The quantitative estimate of drug-likeness (QED) is 0.790. The molecule has 0 radical (unpaired) electrons. The first kappa shape index (κ1) is 13.9. The number of alkyl halides is 3. The minimum Gasteiger partial charge on any atom is -0.229 e. The van der Waals surface area contributed by atoms with Gasteiger partial charge in [-0.3, -0.25) is 0 Å². The van der Waals surface area contributed by atoms with Gasteiger partial charge < -0.3 is 0 Å². The zero-order valence-electron chi connectivity index (χ0n) is 9.52. The van der Waals surface area contributed by atoms with Crippen LogP contribution in [0.3, 0.4) is 0 Å². The van der Waals surface area contributed by atoms with Gasteiger partial charge in [-0.2, -0.15) is 0 Å².